The van der Waals surface area contributed by atoms with Crippen LogP contribution < -0.4 is 4.74 Å². The van der Waals surface area contributed by atoms with Crippen LogP contribution >= 0.6 is 15.9 Å². The van der Waals surface area contributed by atoms with Crippen molar-refractivity contribution in [3.63, 3.8) is 0 Å². The lowest BCUT2D eigenvalue weighted by Crippen LogP contribution is -2.04. The lowest BCUT2D eigenvalue weighted by molar-refractivity contribution is 0.111. The second kappa shape index (κ2) is 7.41. The lowest BCUT2D eigenvalue weighted by atomic mass is 10.2. The quantitative estimate of drug-likeness (QED) is 0.571. The molecule has 0 aliphatic rings. The fraction of sp³-hybridized carbons (Fsp3) is 0.417. The molecule has 0 N–H and O–H groups in total. The molecule has 0 bridgehead atoms. The van der Waals surface area contributed by atoms with E-state index in [1.54, 1.807) is 12.1 Å². The topological polar surface area (TPSA) is 35.5 Å². The van der Waals surface area contributed by atoms with E-state index in [-0.39, 0.29) is 0 Å². The highest BCUT2D eigenvalue weighted by Gasteiger charge is 2.03. The standard InChI is InChI=1S/C12H15BrO3/c1-2-15-6-3-7-16-12-5-4-11(13)8-10(12)9-14/h4-5,8-9H,2-3,6-7H2,1H3. The van der Waals surface area contributed by atoms with Crippen molar-refractivity contribution in [2.45, 2.75) is 13.3 Å². The molecule has 0 unspecified atom stereocenters. The summed E-state index contributed by atoms with van der Waals surface area (Å²) in [7, 11) is 0. The smallest absolute Gasteiger partial charge is 0.153 e. The van der Waals surface area contributed by atoms with Gasteiger partial charge in [-0.25, -0.2) is 0 Å². The average Bonchev–Trinajstić information content (AvgIpc) is 2.30. The van der Waals surface area contributed by atoms with E-state index in [9.17, 15) is 4.79 Å². The van der Waals surface area contributed by atoms with Crippen LogP contribution in [0.5, 0.6) is 5.75 Å². The number of carbonyl (C=O) groups excluding carboxylic acids is 1. The molecule has 0 radical (unpaired) electrons. The summed E-state index contributed by atoms with van der Waals surface area (Å²) < 4.78 is 11.6. The van der Waals surface area contributed by atoms with Crippen LogP contribution in [0, 0.1) is 0 Å². The molecule has 0 fully saturated rings. The summed E-state index contributed by atoms with van der Waals surface area (Å²) in [5.74, 6) is 0.620. The third-order valence-corrected chi connectivity index (χ3v) is 2.49. The molecule has 0 aromatic heterocycles. The molecule has 0 amide bonds. The van der Waals surface area contributed by atoms with Gasteiger partial charge in [0.15, 0.2) is 6.29 Å². The first-order chi connectivity index (χ1) is 7.77. The highest BCUT2D eigenvalue weighted by atomic mass is 79.9. The van der Waals surface area contributed by atoms with E-state index in [2.05, 4.69) is 15.9 Å². The van der Waals surface area contributed by atoms with Crippen LogP contribution in [0.1, 0.15) is 23.7 Å². The highest BCUT2D eigenvalue weighted by Crippen LogP contribution is 2.21. The molecule has 1 aromatic carbocycles. The van der Waals surface area contributed by atoms with Crippen LogP contribution in [0.4, 0.5) is 0 Å². The van der Waals surface area contributed by atoms with Crippen LogP contribution in [0.3, 0.4) is 0 Å². The summed E-state index contributed by atoms with van der Waals surface area (Å²) >= 11 is 3.31. The van der Waals surface area contributed by atoms with Crippen LogP contribution in [-0.2, 0) is 4.74 Å². The number of benzene rings is 1. The fourth-order valence-electron chi connectivity index (χ4n) is 1.23. The largest absolute Gasteiger partial charge is 0.493 e. The number of carbonyl (C=O) groups is 1. The normalized spacial score (nSPS) is 10.1. The predicted molar refractivity (Wildman–Crippen MR) is 66.1 cm³/mol. The van der Waals surface area contributed by atoms with Crippen LogP contribution in [-0.4, -0.2) is 26.1 Å². The molecule has 1 rings (SSSR count). The number of halogens is 1. The maximum absolute atomic E-state index is 10.8. The minimum absolute atomic E-state index is 0.558. The van der Waals surface area contributed by atoms with Gasteiger partial charge in [0, 0.05) is 24.1 Å². The van der Waals surface area contributed by atoms with Crippen LogP contribution in [0.15, 0.2) is 22.7 Å². The van der Waals surface area contributed by atoms with Crippen molar-refractivity contribution >= 4 is 22.2 Å². The molecule has 88 valence electrons. The minimum Gasteiger partial charge on any atom is -0.493 e. The summed E-state index contributed by atoms with van der Waals surface area (Å²) in [6, 6.07) is 5.38. The van der Waals surface area contributed by atoms with Gasteiger partial charge in [-0.1, -0.05) is 15.9 Å². The maximum Gasteiger partial charge on any atom is 0.153 e. The Hall–Kier alpha value is -0.870. The van der Waals surface area contributed by atoms with Crippen molar-refractivity contribution in [3.8, 4) is 5.75 Å². The summed E-state index contributed by atoms with van der Waals surface area (Å²) in [5, 5.41) is 0. The Labute approximate surface area is 104 Å². The van der Waals surface area contributed by atoms with Crippen LogP contribution in [0.25, 0.3) is 0 Å². The molecule has 0 saturated carbocycles. The second-order valence-corrected chi connectivity index (χ2v) is 4.11. The van der Waals surface area contributed by atoms with Gasteiger partial charge in [0.25, 0.3) is 0 Å². The van der Waals surface area contributed by atoms with Crippen molar-refractivity contribution in [2.75, 3.05) is 19.8 Å². The Balaban J connectivity index is 2.44. The Morgan fingerprint density at radius 2 is 2.19 bits per heavy atom. The van der Waals surface area contributed by atoms with E-state index in [0.29, 0.717) is 24.5 Å². The van der Waals surface area contributed by atoms with E-state index in [1.807, 2.05) is 13.0 Å². The first-order valence-corrected chi connectivity index (χ1v) is 6.02. The summed E-state index contributed by atoms with van der Waals surface area (Å²) in [4.78, 5) is 10.8. The number of rotatable bonds is 7. The van der Waals surface area contributed by atoms with Gasteiger partial charge in [-0.05, 0) is 25.1 Å². The van der Waals surface area contributed by atoms with Gasteiger partial charge in [0.05, 0.1) is 12.2 Å². The van der Waals surface area contributed by atoms with Crippen molar-refractivity contribution in [3.05, 3.63) is 28.2 Å². The molecule has 0 spiro atoms. The van der Waals surface area contributed by atoms with E-state index in [4.69, 9.17) is 9.47 Å². The number of ether oxygens (including phenoxy) is 2. The molecular formula is C12H15BrO3. The minimum atomic E-state index is 0.558. The highest BCUT2D eigenvalue weighted by molar-refractivity contribution is 9.10. The van der Waals surface area contributed by atoms with Gasteiger partial charge in [-0.2, -0.15) is 0 Å². The lowest BCUT2D eigenvalue weighted by Gasteiger charge is -2.08. The fourth-order valence-corrected chi connectivity index (χ4v) is 1.61. The number of aldehydes is 1. The van der Waals surface area contributed by atoms with E-state index in [1.165, 1.54) is 0 Å². The molecule has 1 aromatic rings. The summed E-state index contributed by atoms with van der Waals surface area (Å²) in [6.07, 6.45) is 1.62. The zero-order valence-corrected chi connectivity index (χ0v) is 10.8. The Bertz CT molecular complexity index is 339. The van der Waals surface area contributed by atoms with E-state index < -0.39 is 0 Å². The summed E-state index contributed by atoms with van der Waals surface area (Å²) in [6.45, 7) is 3.92. The van der Waals surface area contributed by atoms with E-state index >= 15 is 0 Å². The van der Waals surface area contributed by atoms with E-state index in [0.717, 1.165) is 23.8 Å². The van der Waals surface area contributed by atoms with Crippen molar-refractivity contribution < 1.29 is 14.3 Å². The van der Waals surface area contributed by atoms with Gasteiger partial charge >= 0.3 is 0 Å². The molecule has 0 aliphatic heterocycles. The second-order valence-electron chi connectivity index (χ2n) is 3.20. The molecule has 0 heterocycles. The first kappa shape index (κ1) is 13.2. The van der Waals surface area contributed by atoms with Gasteiger partial charge in [-0.3, -0.25) is 4.79 Å². The Kier molecular flexibility index (Phi) is 6.11. The predicted octanol–water partition coefficient (Wildman–Crippen LogP) is 3.07. The average molecular weight is 287 g/mol. The molecule has 4 heteroatoms. The zero-order chi connectivity index (χ0) is 11.8. The maximum atomic E-state index is 10.8. The van der Waals surface area contributed by atoms with Crippen molar-refractivity contribution in [2.24, 2.45) is 0 Å². The third-order valence-electron chi connectivity index (χ3n) is 1.99. The number of hydrogen-bond donors (Lipinski definition) is 0. The Morgan fingerprint density at radius 1 is 1.38 bits per heavy atom. The van der Waals surface area contributed by atoms with Gasteiger partial charge in [-0.15, -0.1) is 0 Å². The third kappa shape index (κ3) is 4.33. The van der Waals surface area contributed by atoms with Gasteiger partial charge in [0.1, 0.15) is 5.75 Å². The molecule has 0 aliphatic carbocycles. The number of hydrogen-bond acceptors (Lipinski definition) is 3. The molecule has 0 atom stereocenters. The monoisotopic (exact) mass is 286 g/mol. The molecular weight excluding hydrogens is 272 g/mol. The van der Waals surface area contributed by atoms with Crippen LogP contribution in [0.2, 0.25) is 0 Å². The first-order valence-electron chi connectivity index (χ1n) is 5.23. The summed E-state index contributed by atoms with van der Waals surface area (Å²) in [5.41, 5.74) is 0.561. The van der Waals surface area contributed by atoms with Crippen molar-refractivity contribution in [1.29, 1.82) is 0 Å². The zero-order valence-electron chi connectivity index (χ0n) is 9.24. The van der Waals surface area contributed by atoms with Gasteiger partial charge in [0.2, 0.25) is 0 Å². The Morgan fingerprint density at radius 3 is 2.88 bits per heavy atom. The SMILES string of the molecule is CCOCCCOc1ccc(Br)cc1C=O. The molecule has 0 saturated heterocycles. The molecule has 3 nitrogen and oxygen atoms in total. The van der Waals surface area contributed by atoms with Crippen molar-refractivity contribution in [1.82, 2.24) is 0 Å². The molecule has 16 heavy (non-hydrogen) atoms. The van der Waals surface area contributed by atoms with Gasteiger partial charge < -0.3 is 9.47 Å².